The van der Waals surface area contributed by atoms with E-state index >= 15 is 0 Å². The lowest BCUT2D eigenvalue weighted by Crippen LogP contribution is -2.01. The summed E-state index contributed by atoms with van der Waals surface area (Å²) in [7, 11) is 1.58. The maximum Gasteiger partial charge on any atom is 0.337 e. The van der Waals surface area contributed by atoms with Gasteiger partial charge in [0, 0.05) is 23.5 Å². The molecule has 0 saturated heterocycles. The summed E-state index contributed by atoms with van der Waals surface area (Å²) in [6, 6.07) is 7.49. The van der Waals surface area contributed by atoms with Gasteiger partial charge >= 0.3 is 5.97 Å². The fourth-order valence-corrected chi connectivity index (χ4v) is 1.99. The minimum Gasteiger partial charge on any atom is -0.496 e. The van der Waals surface area contributed by atoms with Gasteiger partial charge < -0.3 is 9.84 Å². The highest BCUT2D eigenvalue weighted by Crippen LogP contribution is 2.33. The molecule has 19 heavy (non-hydrogen) atoms. The average molecular weight is 257 g/mol. The Hall–Kier alpha value is -2.36. The first-order valence-corrected chi connectivity index (χ1v) is 6.02. The standard InChI is InChI=1S/C15H15NO3/c1-3-10-4-5-14(19-2)12(8-10)11-6-7-16-9-13(11)15(17)18/h4-9H,3H2,1-2H3,(H,17,18). The molecule has 0 radical (unpaired) electrons. The molecule has 1 N–H and O–H groups in total. The number of aromatic nitrogens is 1. The summed E-state index contributed by atoms with van der Waals surface area (Å²) in [6.07, 6.45) is 3.82. The van der Waals surface area contributed by atoms with Gasteiger partial charge in [-0.1, -0.05) is 13.0 Å². The van der Waals surface area contributed by atoms with E-state index in [1.54, 1.807) is 19.4 Å². The SMILES string of the molecule is CCc1ccc(OC)c(-c2ccncc2C(=O)O)c1. The van der Waals surface area contributed by atoms with Crippen LogP contribution in [-0.2, 0) is 6.42 Å². The molecule has 1 heterocycles. The van der Waals surface area contributed by atoms with Gasteiger partial charge in [-0.25, -0.2) is 4.79 Å². The van der Waals surface area contributed by atoms with Crippen molar-refractivity contribution < 1.29 is 14.6 Å². The van der Waals surface area contributed by atoms with Crippen molar-refractivity contribution in [3.8, 4) is 16.9 Å². The Balaban J connectivity index is 2.66. The summed E-state index contributed by atoms with van der Waals surface area (Å²) in [5.41, 5.74) is 2.70. The molecule has 4 nitrogen and oxygen atoms in total. The Morgan fingerprint density at radius 1 is 1.32 bits per heavy atom. The number of rotatable bonds is 4. The summed E-state index contributed by atoms with van der Waals surface area (Å²) in [4.78, 5) is 15.1. The number of carboxylic acid groups (broad SMARTS) is 1. The predicted octanol–water partition coefficient (Wildman–Crippen LogP) is 3.02. The van der Waals surface area contributed by atoms with E-state index in [1.165, 1.54) is 6.20 Å². The van der Waals surface area contributed by atoms with Crippen LogP contribution in [0.25, 0.3) is 11.1 Å². The molecule has 0 fully saturated rings. The molecule has 2 rings (SSSR count). The minimum atomic E-state index is -0.993. The second-order valence-corrected chi connectivity index (χ2v) is 4.11. The first kappa shape index (κ1) is 13.1. The number of ether oxygens (including phenoxy) is 1. The minimum absolute atomic E-state index is 0.175. The number of pyridine rings is 1. The van der Waals surface area contributed by atoms with E-state index in [0.29, 0.717) is 11.3 Å². The van der Waals surface area contributed by atoms with Crippen LogP contribution >= 0.6 is 0 Å². The van der Waals surface area contributed by atoms with Gasteiger partial charge in [-0.05, 0) is 30.2 Å². The van der Waals surface area contributed by atoms with Crippen molar-refractivity contribution in [3.05, 3.63) is 47.8 Å². The largest absolute Gasteiger partial charge is 0.496 e. The maximum atomic E-state index is 11.3. The smallest absolute Gasteiger partial charge is 0.337 e. The molecule has 0 spiro atoms. The number of benzene rings is 1. The second kappa shape index (κ2) is 5.52. The highest BCUT2D eigenvalue weighted by molar-refractivity contribution is 5.96. The van der Waals surface area contributed by atoms with Gasteiger partial charge in [0.2, 0.25) is 0 Å². The van der Waals surface area contributed by atoms with Crippen LogP contribution < -0.4 is 4.74 Å². The second-order valence-electron chi connectivity index (χ2n) is 4.11. The molecular formula is C15H15NO3. The van der Waals surface area contributed by atoms with Crippen molar-refractivity contribution in [2.24, 2.45) is 0 Å². The average Bonchev–Trinajstić information content (AvgIpc) is 2.46. The van der Waals surface area contributed by atoms with Gasteiger partial charge in [-0.3, -0.25) is 4.98 Å². The number of hydrogen-bond acceptors (Lipinski definition) is 3. The fraction of sp³-hybridized carbons (Fsp3) is 0.200. The zero-order chi connectivity index (χ0) is 13.8. The zero-order valence-corrected chi connectivity index (χ0v) is 10.9. The molecule has 0 amide bonds. The van der Waals surface area contributed by atoms with Gasteiger partial charge in [-0.15, -0.1) is 0 Å². The molecule has 0 aliphatic carbocycles. The van der Waals surface area contributed by atoms with E-state index in [2.05, 4.69) is 11.9 Å². The normalized spacial score (nSPS) is 10.2. The van der Waals surface area contributed by atoms with Gasteiger partial charge in [0.1, 0.15) is 5.75 Å². The van der Waals surface area contributed by atoms with E-state index in [4.69, 9.17) is 4.74 Å². The number of methoxy groups -OCH3 is 1. The Bertz CT molecular complexity index is 608. The number of carboxylic acids is 1. The Morgan fingerprint density at radius 3 is 2.74 bits per heavy atom. The third kappa shape index (κ3) is 2.57. The molecule has 2 aromatic rings. The van der Waals surface area contributed by atoms with Crippen molar-refractivity contribution >= 4 is 5.97 Å². The lowest BCUT2D eigenvalue weighted by atomic mass is 9.98. The summed E-state index contributed by atoms with van der Waals surface area (Å²) in [5, 5.41) is 9.24. The number of aromatic carboxylic acids is 1. The zero-order valence-electron chi connectivity index (χ0n) is 10.9. The van der Waals surface area contributed by atoms with Crippen LogP contribution in [0.1, 0.15) is 22.8 Å². The molecule has 0 bridgehead atoms. The van der Waals surface area contributed by atoms with Crippen molar-refractivity contribution in [1.29, 1.82) is 0 Å². The first-order chi connectivity index (χ1) is 9.17. The lowest BCUT2D eigenvalue weighted by Gasteiger charge is -2.12. The predicted molar refractivity (Wildman–Crippen MR) is 72.6 cm³/mol. The molecule has 0 aliphatic rings. The van der Waals surface area contributed by atoms with Gasteiger partial charge in [0.25, 0.3) is 0 Å². The summed E-state index contributed by atoms with van der Waals surface area (Å²) >= 11 is 0. The van der Waals surface area contributed by atoms with E-state index < -0.39 is 5.97 Å². The van der Waals surface area contributed by atoms with E-state index in [0.717, 1.165) is 17.5 Å². The Kier molecular flexibility index (Phi) is 3.80. The Labute approximate surface area is 111 Å². The van der Waals surface area contributed by atoms with Crippen molar-refractivity contribution in [2.45, 2.75) is 13.3 Å². The van der Waals surface area contributed by atoms with E-state index in [-0.39, 0.29) is 5.56 Å². The highest BCUT2D eigenvalue weighted by atomic mass is 16.5. The number of hydrogen-bond donors (Lipinski definition) is 1. The summed E-state index contributed by atoms with van der Waals surface area (Å²) in [6.45, 7) is 2.05. The topological polar surface area (TPSA) is 59.4 Å². The molecule has 4 heteroatoms. The number of carbonyl (C=O) groups is 1. The third-order valence-electron chi connectivity index (χ3n) is 3.01. The van der Waals surface area contributed by atoms with Crippen molar-refractivity contribution in [3.63, 3.8) is 0 Å². The molecule has 0 atom stereocenters. The lowest BCUT2D eigenvalue weighted by molar-refractivity contribution is 0.0697. The number of aryl methyl sites for hydroxylation is 1. The van der Waals surface area contributed by atoms with E-state index in [1.807, 2.05) is 18.2 Å². The van der Waals surface area contributed by atoms with Crippen LogP contribution in [0.5, 0.6) is 5.75 Å². The first-order valence-electron chi connectivity index (χ1n) is 6.02. The quantitative estimate of drug-likeness (QED) is 0.914. The number of nitrogens with zero attached hydrogens (tertiary/aromatic N) is 1. The molecule has 0 aliphatic heterocycles. The fourth-order valence-electron chi connectivity index (χ4n) is 1.99. The van der Waals surface area contributed by atoms with Crippen molar-refractivity contribution in [2.75, 3.05) is 7.11 Å². The van der Waals surface area contributed by atoms with Gasteiger partial charge in [0.05, 0.1) is 12.7 Å². The molecular weight excluding hydrogens is 242 g/mol. The molecule has 98 valence electrons. The molecule has 1 aromatic heterocycles. The van der Waals surface area contributed by atoms with Crippen LogP contribution in [0, 0.1) is 0 Å². The van der Waals surface area contributed by atoms with Gasteiger partial charge in [-0.2, -0.15) is 0 Å². The summed E-state index contributed by atoms with van der Waals surface area (Å²) < 4.78 is 5.32. The van der Waals surface area contributed by atoms with Crippen LogP contribution in [0.2, 0.25) is 0 Å². The summed E-state index contributed by atoms with van der Waals surface area (Å²) in [5.74, 6) is -0.335. The van der Waals surface area contributed by atoms with E-state index in [9.17, 15) is 9.90 Å². The molecule has 0 saturated carbocycles. The molecule has 1 aromatic carbocycles. The monoisotopic (exact) mass is 257 g/mol. The molecule has 0 unspecified atom stereocenters. The van der Waals surface area contributed by atoms with Crippen LogP contribution in [-0.4, -0.2) is 23.2 Å². The maximum absolute atomic E-state index is 11.3. The van der Waals surface area contributed by atoms with Crippen LogP contribution in [0.15, 0.2) is 36.7 Å². The van der Waals surface area contributed by atoms with Crippen LogP contribution in [0.3, 0.4) is 0 Å². The highest BCUT2D eigenvalue weighted by Gasteiger charge is 2.15. The third-order valence-corrected chi connectivity index (χ3v) is 3.01. The van der Waals surface area contributed by atoms with Gasteiger partial charge in [0.15, 0.2) is 0 Å². The van der Waals surface area contributed by atoms with Crippen LogP contribution in [0.4, 0.5) is 0 Å². The van der Waals surface area contributed by atoms with Crippen molar-refractivity contribution in [1.82, 2.24) is 4.98 Å². The Morgan fingerprint density at radius 2 is 2.11 bits per heavy atom.